The second-order valence-electron chi connectivity index (χ2n) is 7.43. The molecule has 0 aliphatic heterocycles. The zero-order chi connectivity index (χ0) is 13.5. The Labute approximate surface area is 116 Å². The lowest BCUT2D eigenvalue weighted by Crippen LogP contribution is -2.25. The first kappa shape index (κ1) is 16.1. The summed E-state index contributed by atoms with van der Waals surface area (Å²) in [4.78, 5) is 0. The summed E-state index contributed by atoms with van der Waals surface area (Å²) in [5.74, 6) is 4.83. The van der Waals surface area contributed by atoms with E-state index in [2.05, 4.69) is 34.6 Å². The summed E-state index contributed by atoms with van der Waals surface area (Å²) in [6.07, 6.45) is 11.8. The Morgan fingerprint density at radius 1 is 1.00 bits per heavy atom. The molecule has 0 N–H and O–H groups in total. The Balaban J connectivity index is 2.40. The van der Waals surface area contributed by atoms with Crippen LogP contribution < -0.4 is 0 Å². The molecule has 1 rings (SSSR count). The molecule has 2 unspecified atom stereocenters. The average molecular weight is 252 g/mol. The number of hydrogen-bond acceptors (Lipinski definition) is 0. The molecule has 0 heteroatoms. The van der Waals surface area contributed by atoms with Crippen LogP contribution in [0.25, 0.3) is 0 Å². The first-order chi connectivity index (χ1) is 8.54. The van der Waals surface area contributed by atoms with Crippen molar-refractivity contribution in [2.45, 2.75) is 86.0 Å². The van der Waals surface area contributed by atoms with Crippen LogP contribution in [-0.2, 0) is 0 Å². The van der Waals surface area contributed by atoms with E-state index in [1.54, 1.807) is 0 Å². The molecule has 1 aliphatic carbocycles. The largest absolute Gasteiger partial charge is 0.0651 e. The Kier molecular flexibility index (Phi) is 7.34. The molecule has 0 bridgehead atoms. The molecule has 0 radical (unpaired) electrons. The smallest absolute Gasteiger partial charge is 0.0360 e. The summed E-state index contributed by atoms with van der Waals surface area (Å²) in [6.45, 7) is 12.0. The fourth-order valence-electron chi connectivity index (χ4n) is 3.63. The van der Waals surface area contributed by atoms with E-state index in [1.807, 2.05) is 0 Å². The average Bonchev–Trinajstić information content (AvgIpc) is 2.23. The van der Waals surface area contributed by atoms with Gasteiger partial charge in [-0.1, -0.05) is 79.6 Å². The molecule has 0 nitrogen and oxygen atoms in total. The molecule has 0 saturated heterocycles. The van der Waals surface area contributed by atoms with Crippen molar-refractivity contribution in [2.75, 3.05) is 0 Å². The van der Waals surface area contributed by atoms with Crippen molar-refractivity contribution in [3.8, 4) is 0 Å². The molecule has 1 saturated carbocycles. The monoisotopic (exact) mass is 252 g/mol. The molecule has 1 fully saturated rings. The quantitative estimate of drug-likeness (QED) is 0.451. The van der Waals surface area contributed by atoms with E-state index in [9.17, 15) is 0 Å². The van der Waals surface area contributed by atoms with Crippen LogP contribution in [0.4, 0.5) is 0 Å². The highest BCUT2D eigenvalue weighted by atomic mass is 14.3. The predicted octanol–water partition coefficient (Wildman–Crippen LogP) is 6.30. The van der Waals surface area contributed by atoms with Gasteiger partial charge in [0.1, 0.15) is 0 Å². The van der Waals surface area contributed by atoms with Gasteiger partial charge < -0.3 is 0 Å². The van der Waals surface area contributed by atoms with Crippen LogP contribution in [0.15, 0.2) is 0 Å². The highest BCUT2D eigenvalue weighted by Crippen LogP contribution is 2.39. The van der Waals surface area contributed by atoms with Gasteiger partial charge in [0.15, 0.2) is 0 Å². The zero-order valence-corrected chi connectivity index (χ0v) is 13.5. The highest BCUT2D eigenvalue weighted by molar-refractivity contribution is 4.79. The first-order valence-corrected chi connectivity index (χ1v) is 8.54. The molecule has 0 aromatic carbocycles. The SMILES string of the molecule is CCC(CCCC(C)C)C(CC1CCC1)C(C)C. The van der Waals surface area contributed by atoms with Crippen LogP contribution >= 0.6 is 0 Å². The van der Waals surface area contributed by atoms with Crippen LogP contribution in [-0.4, -0.2) is 0 Å². The third kappa shape index (κ3) is 5.33. The summed E-state index contributed by atoms with van der Waals surface area (Å²) in [5.41, 5.74) is 0. The van der Waals surface area contributed by atoms with Gasteiger partial charge in [-0.3, -0.25) is 0 Å². The van der Waals surface area contributed by atoms with Crippen molar-refractivity contribution in [3.05, 3.63) is 0 Å². The van der Waals surface area contributed by atoms with E-state index in [0.29, 0.717) is 0 Å². The van der Waals surface area contributed by atoms with Crippen molar-refractivity contribution in [2.24, 2.45) is 29.6 Å². The van der Waals surface area contributed by atoms with E-state index in [4.69, 9.17) is 0 Å². The summed E-state index contributed by atoms with van der Waals surface area (Å²) < 4.78 is 0. The van der Waals surface area contributed by atoms with Gasteiger partial charge in [0.2, 0.25) is 0 Å². The molecular weight excluding hydrogens is 216 g/mol. The maximum atomic E-state index is 2.45. The molecule has 108 valence electrons. The van der Waals surface area contributed by atoms with Crippen molar-refractivity contribution in [1.29, 1.82) is 0 Å². The molecule has 0 heterocycles. The fourth-order valence-corrected chi connectivity index (χ4v) is 3.63. The Morgan fingerprint density at radius 3 is 2.06 bits per heavy atom. The normalized spacial score (nSPS) is 20.2. The first-order valence-electron chi connectivity index (χ1n) is 8.54. The van der Waals surface area contributed by atoms with Crippen molar-refractivity contribution >= 4 is 0 Å². The van der Waals surface area contributed by atoms with Crippen molar-refractivity contribution in [1.82, 2.24) is 0 Å². The van der Waals surface area contributed by atoms with Gasteiger partial charge in [-0.25, -0.2) is 0 Å². The van der Waals surface area contributed by atoms with E-state index in [-0.39, 0.29) is 0 Å². The number of hydrogen-bond donors (Lipinski definition) is 0. The van der Waals surface area contributed by atoms with E-state index in [1.165, 1.54) is 51.4 Å². The van der Waals surface area contributed by atoms with Gasteiger partial charge in [0, 0.05) is 0 Å². The third-order valence-electron chi connectivity index (χ3n) is 5.17. The minimum absolute atomic E-state index is 0.881. The predicted molar refractivity (Wildman–Crippen MR) is 82.8 cm³/mol. The topological polar surface area (TPSA) is 0 Å². The Morgan fingerprint density at radius 2 is 1.67 bits per heavy atom. The van der Waals surface area contributed by atoms with Gasteiger partial charge in [0.25, 0.3) is 0 Å². The van der Waals surface area contributed by atoms with Gasteiger partial charge in [-0.05, 0) is 36.0 Å². The van der Waals surface area contributed by atoms with Crippen LogP contribution in [0.2, 0.25) is 0 Å². The van der Waals surface area contributed by atoms with Crippen LogP contribution in [0.5, 0.6) is 0 Å². The summed E-state index contributed by atoms with van der Waals surface area (Å²) in [5, 5.41) is 0. The molecule has 18 heavy (non-hydrogen) atoms. The van der Waals surface area contributed by atoms with E-state index < -0.39 is 0 Å². The van der Waals surface area contributed by atoms with Crippen LogP contribution in [0.3, 0.4) is 0 Å². The van der Waals surface area contributed by atoms with Gasteiger partial charge >= 0.3 is 0 Å². The van der Waals surface area contributed by atoms with Gasteiger partial charge in [-0.2, -0.15) is 0 Å². The van der Waals surface area contributed by atoms with Gasteiger partial charge in [0.05, 0.1) is 0 Å². The number of rotatable bonds is 9. The molecule has 0 amide bonds. The summed E-state index contributed by atoms with van der Waals surface area (Å²) in [7, 11) is 0. The molecule has 0 aromatic rings. The minimum Gasteiger partial charge on any atom is -0.0651 e. The van der Waals surface area contributed by atoms with Crippen molar-refractivity contribution in [3.63, 3.8) is 0 Å². The summed E-state index contributed by atoms with van der Waals surface area (Å²) >= 11 is 0. The van der Waals surface area contributed by atoms with Crippen LogP contribution in [0.1, 0.15) is 86.0 Å². The van der Waals surface area contributed by atoms with E-state index in [0.717, 1.165) is 29.6 Å². The lowest BCUT2D eigenvalue weighted by atomic mass is 9.70. The Bertz CT molecular complexity index is 200. The van der Waals surface area contributed by atoms with E-state index >= 15 is 0 Å². The molecule has 1 aliphatic rings. The molecule has 0 aromatic heterocycles. The van der Waals surface area contributed by atoms with Gasteiger partial charge in [-0.15, -0.1) is 0 Å². The molecular formula is C18H36. The molecule has 2 atom stereocenters. The standard InChI is InChI=1S/C18H36/c1-6-17(12-7-9-14(2)3)18(15(4)5)13-16-10-8-11-16/h14-18H,6-13H2,1-5H3. The highest BCUT2D eigenvalue weighted by Gasteiger charge is 2.28. The summed E-state index contributed by atoms with van der Waals surface area (Å²) in [6, 6.07) is 0. The second kappa shape index (κ2) is 8.23. The molecule has 0 spiro atoms. The third-order valence-corrected chi connectivity index (χ3v) is 5.17. The minimum atomic E-state index is 0.881. The Hall–Kier alpha value is 0. The van der Waals surface area contributed by atoms with Crippen molar-refractivity contribution < 1.29 is 0 Å². The fraction of sp³-hybridized carbons (Fsp3) is 1.00. The zero-order valence-electron chi connectivity index (χ0n) is 13.5. The lowest BCUT2D eigenvalue weighted by Gasteiger charge is -2.36. The lowest BCUT2D eigenvalue weighted by molar-refractivity contribution is 0.149. The second-order valence-corrected chi connectivity index (χ2v) is 7.43. The maximum absolute atomic E-state index is 2.45. The maximum Gasteiger partial charge on any atom is -0.0360 e. The van der Waals surface area contributed by atoms with Crippen LogP contribution in [0, 0.1) is 29.6 Å².